The number of thiophene rings is 1. The molecule has 1 aliphatic heterocycles. The van der Waals surface area contributed by atoms with Gasteiger partial charge >= 0.3 is 0 Å². The van der Waals surface area contributed by atoms with Crippen LogP contribution in [-0.2, 0) is 16.6 Å². The van der Waals surface area contributed by atoms with Gasteiger partial charge in [-0.15, -0.1) is 11.3 Å². The van der Waals surface area contributed by atoms with E-state index >= 15 is 0 Å². The van der Waals surface area contributed by atoms with Gasteiger partial charge < -0.3 is 5.32 Å². The van der Waals surface area contributed by atoms with Crippen LogP contribution in [0.15, 0.2) is 44.4 Å². The Kier molecular flexibility index (Phi) is 4.09. The molecule has 0 saturated carbocycles. The average Bonchev–Trinajstić information content (AvgIpc) is 2.81. The minimum absolute atomic E-state index is 0.0888. The number of nitrogens with zero attached hydrogens (tertiary/aromatic N) is 1. The van der Waals surface area contributed by atoms with Crippen LogP contribution in [0.4, 0.5) is 5.69 Å². The molecule has 4 nitrogen and oxygen atoms in total. The smallest absolute Gasteiger partial charge is 0.275 e. The van der Waals surface area contributed by atoms with Crippen LogP contribution in [0.5, 0.6) is 0 Å². The Hall–Kier alpha value is -0.890. The SMILES string of the molecule is CC1CN(S(=O)(=O)c2sccc2Br)c2ccccc2CN1. The molecule has 1 aliphatic rings. The molecule has 0 aliphatic carbocycles. The Bertz CT molecular complexity index is 758. The Morgan fingerprint density at radius 2 is 2.10 bits per heavy atom. The van der Waals surface area contributed by atoms with Crippen LogP contribution in [-0.4, -0.2) is 21.0 Å². The number of rotatable bonds is 2. The molecular weight excluding hydrogens is 372 g/mol. The molecule has 1 unspecified atom stereocenters. The molecule has 0 fully saturated rings. The van der Waals surface area contributed by atoms with Crippen molar-refractivity contribution >= 4 is 43.0 Å². The molecule has 0 radical (unpaired) electrons. The van der Waals surface area contributed by atoms with E-state index < -0.39 is 10.0 Å². The van der Waals surface area contributed by atoms with Crippen molar-refractivity contribution in [3.05, 3.63) is 45.7 Å². The second kappa shape index (κ2) is 5.72. The summed E-state index contributed by atoms with van der Waals surface area (Å²) in [5.41, 5.74) is 1.76. The van der Waals surface area contributed by atoms with Crippen LogP contribution in [0, 0.1) is 0 Å². The van der Waals surface area contributed by atoms with Crippen LogP contribution < -0.4 is 9.62 Å². The van der Waals surface area contributed by atoms with Crippen LogP contribution in [0.3, 0.4) is 0 Å². The number of sulfonamides is 1. The van der Waals surface area contributed by atoms with E-state index in [1.165, 1.54) is 15.6 Å². The van der Waals surface area contributed by atoms with Gasteiger partial charge in [0.25, 0.3) is 10.0 Å². The predicted octanol–water partition coefficient (Wildman–Crippen LogP) is 3.20. The first-order valence-corrected chi connectivity index (χ1v) is 9.68. The average molecular weight is 387 g/mol. The maximum Gasteiger partial charge on any atom is 0.275 e. The molecule has 2 heterocycles. The van der Waals surface area contributed by atoms with E-state index in [-0.39, 0.29) is 6.04 Å². The summed E-state index contributed by atoms with van der Waals surface area (Å²) < 4.78 is 28.5. The molecule has 21 heavy (non-hydrogen) atoms. The van der Waals surface area contributed by atoms with Gasteiger partial charge in [0.1, 0.15) is 0 Å². The number of para-hydroxylation sites is 1. The summed E-state index contributed by atoms with van der Waals surface area (Å²) in [5, 5.41) is 5.13. The molecule has 1 aromatic carbocycles. The fourth-order valence-corrected chi connectivity index (χ4v) is 6.40. The summed E-state index contributed by atoms with van der Waals surface area (Å²) in [4.78, 5) is 0. The second-order valence-corrected chi connectivity index (χ2v) is 8.83. The lowest BCUT2D eigenvalue weighted by atomic mass is 10.2. The van der Waals surface area contributed by atoms with Crippen molar-refractivity contribution < 1.29 is 8.42 Å². The lowest BCUT2D eigenvalue weighted by molar-refractivity contribution is 0.557. The lowest BCUT2D eigenvalue weighted by Gasteiger charge is -2.25. The largest absolute Gasteiger partial charge is 0.308 e. The van der Waals surface area contributed by atoms with Gasteiger partial charge in [0, 0.05) is 23.6 Å². The third-order valence-corrected chi connectivity index (χ3v) is 7.88. The molecular formula is C14H15BrN2O2S2. The zero-order chi connectivity index (χ0) is 15.0. The van der Waals surface area contributed by atoms with Crippen LogP contribution in [0.25, 0.3) is 0 Å². The van der Waals surface area contributed by atoms with E-state index in [0.29, 0.717) is 21.8 Å². The highest BCUT2D eigenvalue weighted by Gasteiger charge is 2.32. The summed E-state index contributed by atoms with van der Waals surface area (Å²) in [7, 11) is -3.55. The molecule has 0 spiro atoms. The van der Waals surface area contributed by atoms with Gasteiger partial charge in [0.15, 0.2) is 4.21 Å². The summed E-state index contributed by atoms with van der Waals surface area (Å²) >= 11 is 4.57. The Morgan fingerprint density at radius 3 is 2.81 bits per heavy atom. The minimum atomic E-state index is -3.55. The summed E-state index contributed by atoms with van der Waals surface area (Å²) in [5.74, 6) is 0. The van der Waals surface area contributed by atoms with E-state index in [1.54, 1.807) is 11.4 Å². The summed E-state index contributed by atoms with van der Waals surface area (Å²) in [6, 6.07) is 9.50. The van der Waals surface area contributed by atoms with Crippen molar-refractivity contribution in [3.8, 4) is 0 Å². The number of hydrogen-bond acceptors (Lipinski definition) is 4. The van der Waals surface area contributed by atoms with E-state index in [1.807, 2.05) is 31.2 Å². The maximum atomic E-state index is 13.0. The molecule has 3 rings (SSSR count). The molecule has 1 aromatic heterocycles. The van der Waals surface area contributed by atoms with E-state index in [4.69, 9.17) is 0 Å². The van der Waals surface area contributed by atoms with Crippen LogP contribution in [0.2, 0.25) is 0 Å². The fraction of sp³-hybridized carbons (Fsp3) is 0.286. The van der Waals surface area contributed by atoms with Crippen molar-refractivity contribution in [2.75, 3.05) is 10.8 Å². The predicted molar refractivity (Wildman–Crippen MR) is 89.3 cm³/mol. The summed E-state index contributed by atoms with van der Waals surface area (Å²) in [6.45, 7) is 3.09. The Labute approximate surface area is 137 Å². The van der Waals surface area contributed by atoms with Gasteiger partial charge in [-0.25, -0.2) is 8.42 Å². The monoisotopic (exact) mass is 386 g/mol. The van der Waals surface area contributed by atoms with Gasteiger partial charge in [-0.3, -0.25) is 4.31 Å². The number of hydrogen-bond donors (Lipinski definition) is 1. The van der Waals surface area contributed by atoms with E-state index in [2.05, 4.69) is 21.2 Å². The van der Waals surface area contributed by atoms with Crippen molar-refractivity contribution in [2.24, 2.45) is 0 Å². The number of fused-ring (bicyclic) bond motifs is 1. The van der Waals surface area contributed by atoms with E-state index in [9.17, 15) is 8.42 Å². The van der Waals surface area contributed by atoms with Crippen molar-refractivity contribution in [3.63, 3.8) is 0 Å². The van der Waals surface area contributed by atoms with Crippen LogP contribution in [0.1, 0.15) is 12.5 Å². The molecule has 1 atom stereocenters. The lowest BCUT2D eigenvalue weighted by Crippen LogP contribution is -2.39. The molecule has 0 amide bonds. The Balaban J connectivity index is 2.14. The number of anilines is 1. The maximum absolute atomic E-state index is 13.0. The molecule has 0 bridgehead atoms. The highest BCUT2D eigenvalue weighted by Crippen LogP contribution is 2.35. The first-order valence-electron chi connectivity index (χ1n) is 6.57. The Morgan fingerprint density at radius 1 is 1.33 bits per heavy atom. The van der Waals surface area contributed by atoms with Crippen molar-refractivity contribution in [2.45, 2.75) is 23.7 Å². The quantitative estimate of drug-likeness (QED) is 0.861. The molecule has 7 heteroatoms. The van der Waals surface area contributed by atoms with Crippen molar-refractivity contribution in [1.29, 1.82) is 0 Å². The number of nitrogens with one attached hydrogen (secondary N) is 1. The van der Waals surface area contributed by atoms with Gasteiger partial charge in [-0.1, -0.05) is 18.2 Å². The zero-order valence-corrected chi connectivity index (χ0v) is 14.6. The second-order valence-electron chi connectivity index (χ2n) is 5.00. The molecule has 1 N–H and O–H groups in total. The zero-order valence-electron chi connectivity index (χ0n) is 11.4. The fourth-order valence-electron chi connectivity index (χ4n) is 2.39. The topological polar surface area (TPSA) is 49.4 Å². The van der Waals surface area contributed by atoms with Crippen molar-refractivity contribution in [1.82, 2.24) is 5.32 Å². The third-order valence-electron chi connectivity index (χ3n) is 3.45. The van der Waals surface area contributed by atoms with E-state index in [0.717, 1.165) is 11.3 Å². The highest BCUT2D eigenvalue weighted by molar-refractivity contribution is 9.10. The first-order chi connectivity index (χ1) is 10.00. The van der Waals surface area contributed by atoms with Gasteiger partial charge in [-0.2, -0.15) is 0 Å². The normalized spacial score (nSPS) is 19.1. The molecule has 112 valence electrons. The third kappa shape index (κ3) is 2.75. The first kappa shape index (κ1) is 15.0. The van der Waals surface area contributed by atoms with Gasteiger partial charge in [0.2, 0.25) is 0 Å². The highest BCUT2D eigenvalue weighted by atomic mass is 79.9. The number of halogens is 1. The van der Waals surface area contributed by atoms with Crippen LogP contribution >= 0.6 is 27.3 Å². The minimum Gasteiger partial charge on any atom is -0.308 e. The summed E-state index contributed by atoms with van der Waals surface area (Å²) in [6.07, 6.45) is 0. The molecule has 0 saturated heterocycles. The number of benzene rings is 1. The standard InChI is InChI=1S/C14H15BrN2O2S2/c1-10-9-17(13-5-3-2-4-11(13)8-16-10)21(18,19)14-12(15)6-7-20-14/h2-7,10,16H,8-9H2,1H3. The van der Waals surface area contributed by atoms with Gasteiger partial charge in [0.05, 0.1) is 5.69 Å². The van der Waals surface area contributed by atoms with Gasteiger partial charge in [-0.05, 0) is 45.9 Å². The molecule has 2 aromatic rings.